The lowest BCUT2D eigenvalue weighted by molar-refractivity contribution is 0.134. The Labute approximate surface area is 141 Å². The third-order valence-electron chi connectivity index (χ3n) is 3.99. The molecule has 0 spiro atoms. The van der Waals surface area contributed by atoms with Crippen molar-refractivity contribution in [3.8, 4) is 28.7 Å². The highest BCUT2D eigenvalue weighted by atomic mass is 16.3. The molecular weight excluding hydrogens is 302 g/mol. The van der Waals surface area contributed by atoms with Gasteiger partial charge in [-0.3, -0.25) is 0 Å². The van der Waals surface area contributed by atoms with Gasteiger partial charge in [-0.15, -0.1) is 0 Å². The van der Waals surface area contributed by atoms with Crippen molar-refractivity contribution in [2.24, 2.45) is 0 Å². The topological polar surface area (TPSA) is 84.5 Å². The first kappa shape index (κ1) is 17.6. The van der Waals surface area contributed by atoms with E-state index in [1.807, 2.05) is 0 Å². The molecule has 0 aliphatic carbocycles. The van der Waals surface area contributed by atoms with E-state index in [2.05, 4.69) is 6.07 Å². The van der Waals surface area contributed by atoms with Crippen molar-refractivity contribution in [2.75, 3.05) is 0 Å². The van der Waals surface area contributed by atoms with Crippen LogP contribution < -0.4 is 0 Å². The summed E-state index contributed by atoms with van der Waals surface area (Å²) in [6.07, 6.45) is 3.17. The molecule has 2 aromatic carbocycles. The van der Waals surface area contributed by atoms with Gasteiger partial charge in [0, 0.05) is 11.1 Å². The molecule has 0 aromatic heterocycles. The molecule has 0 unspecified atom stereocenters. The van der Waals surface area contributed by atoms with Crippen molar-refractivity contribution in [3.63, 3.8) is 0 Å². The maximum Gasteiger partial charge on any atom is 0.127 e. The average Bonchev–Trinajstić information content (AvgIpc) is 2.54. The Kier molecular flexibility index (Phi) is 4.68. The number of aromatic hydroxyl groups is 2. The molecule has 0 heterocycles. The smallest absolute Gasteiger partial charge is 0.127 e. The lowest BCUT2D eigenvalue weighted by atomic mass is 9.90. The first-order valence-electron chi connectivity index (χ1n) is 7.63. The van der Waals surface area contributed by atoms with Crippen LogP contribution in [0.5, 0.6) is 11.5 Å². The number of rotatable bonds is 3. The lowest BCUT2D eigenvalue weighted by Gasteiger charge is -2.18. The summed E-state index contributed by atoms with van der Waals surface area (Å²) in [5.41, 5.74) is 2.22. The number of aliphatic hydroxyl groups is 1. The summed E-state index contributed by atoms with van der Waals surface area (Å²) in [4.78, 5) is 0. The van der Waals surface area contributed by atoms with Crippen molar-refractivity contribution in [1.29, 1.82) is 5.26 Å². The first-order valence-corrected chi connectivity index (χ1v) is 7.63. The molecule has 0 fully saturated rings. The standard InChI is InChI=1S/C20H21NO3/c1-12-13(2)19(23)17(15-7-5-14(11-21)6-8-15)16(18(12)22)9-10-20(3,4)24/h5-10,22-24H,1-4H3. The highest BCUT2D eigenvalue weighted by Gasteiger charge is 2.20. The van der Waals surface area contributed by atoms with Crippen LogP contribution >= 0.6 is 0 Å². The number of nitrogens with zero attached hydrogens (tertiary/aromatic N) is 1. The molecule has 4 heteroatoms. The van der Waals surface area contributed by atoms with Crippen LogP contribution in [0.15, 0.2) is 30.3 Å². The highest BCUT2D eigenvalue weighted by Crippen LogP contribution is 2.43. The Bertz CT molecular complexity index is 835. The first-order chi connectivity index (χ1) is 11.2. The SMILES string of the molecule is Cc1c(C)c(O)c(-c2ccc(C#N)cc2)c(C=CC(C)(C)O)c1O. The lowest BCUT2D eigenvalue weighted by Crippen LogP contribution is -2.13. The van der Waals surface area contributed by atoms with Gasteiger partial charge in [0.1, 0.15) is 11.5 Å². The summed E-state index contributed by atoms with van der Waals surface area (Å²) < 4.78 is 0. The summed E-state index contributed by atoms with van der Waals surface area (Å²) in [6, 6.07) is 8.82. The number of hydrogen-bond acceptors (Lipinski definition) is 4. The Balaban J connectivity index is 2.77. The third-order valence-corrected chi connectivity index (χ3v) is 3.99. The van der Waals surface area contributed by atoms with Gasteiger partial charge in [-0.2, -0.15) is 5.26 Å². The van der Waals surface area contributed by atoms with Crippen LogP contribution in [0.4, 0.5) is 0 Å². The van der Waals surface area contributed by atoms with Crippen molar-refractivity contribution in [3.05, 3.63) is 52.6 Å². The molecule has 2 rings (SSSR count). The van der Waals surface area contributed by atoms with Crippen molar-refractivity contribution >= 4 is 6.08 Å². The van der Waals surface area contributed by atoms with Gasteiger partial charge in [-0.1, -0.05) is 24.3 Å². The quantitative estimate of drug-likeness (QED) is 0.744. The second-order valence-electron chi connectivity index (χ2n) is 6.41. The second-order valence-corrected chi connectivity index (χ2v) is 6.41. The van der Waals surface area contributed by atoms with Crippen LogP contribution in [0.25, 0.3) is 17.2 Å². The minimum Gasteiger partial charge on any atom is -0.507 e. The molecule has 0 radical (unpaired) electrons. The summed E-state index contributed by atoms with van der Waals surface area (Å²) >= 11 is 0. The largest absolute Gasteiger partial charge is 0.507 e. The summed E-state index contributed by atoms with van der Waals surface area (Å²) in [5, 5.41) is 40.0. The molecule has 2 aromatic rings. The fourth-order valence-corrected chi connectivity index (χ4v) is 2.44. The fraction of sp³-hybridized carbons (Fsp3) is 0.250. The van der Waals surface area contributed by atoms with E-state index in [-0.39, 0.29) is 11.5 Å². The van der Waals surface area contributed by atoms with E-state index in [0.29, 0.717) is 33.4 Å². The van der Waals surface area contributed by atoms with E-state index < -0.39 is 5.60 Å². The summed E-state index contributed by atoms with van der Waals surface area (Å²) in [5.74, 6) is 0.135. The Morgan fingerprint density at radius 1 is 1.00 bits per heavy atom. The van der Waals surface area contributed by atoms with Crippen molar-refractivity contribution in [1.82, 2.24) is 0 Å². The van der Waals surface area contributed by atoms with Crippen LogP contribution in [-0.4, -0.2) is 20.9 Å². The normalized spacial score (nSPS) is 11.7. The molecule has 0 bridgehead atoms. The van der Waals surface area contributed by atoms with Crippen molar-refractivity contribution in [2.45, 2.75) is 33.3 Å². The minimum atomic E-state index is -1.05. The third kappa shape index (κ3) is 3.42. The van der Waals surface area contributed by atoms with Gasteiger partial charge in [0.25, 0.3) is 0 Å². The van der Waals surface area contributed by atoms with Gasteiger partial charge < -0.3 is 15.3 Å². The average molecular weight is 323 g/mol. The van der Waals surface area contributed by atoms with Gasteiger partial charge in [0.15, 0.2) is 0 Å². The van der Waals surface area contributed by atoms with Gasteiger partial charge in [-0.25, -0.2) is 0 Å². The van der Waals surface area contributed by atoms with Gasteiger partial charge in [0.05, 0.1) is 17.2 Å². The number of nitriles is 1. The fourth-order valence-electron chi connectivity index (χ4n) is 2.44. The molecule has 24 heavy (non-hydrogen) atoms. The minimum absolute atomic E-state index is 0.0603. The molecular formula is C20H21NO3. The van der Waals surface area contributed by atoms with Crippen molar-refractivity contribution < 1.29 is 15.3 Å². The van der Waals surface area contributed by atoms with E-state index in [1.54, 1.807) is 64.1 Å². The summed E-state index contributed by atoms with van der Waals surface area (Å²) in [6.45, 7) is 6.72. The molecule has 0 saturated heterocycles. The Hall–Kier alpha value is -2.77. The predicted octanol–water partition coefficient (Wildman–Crippen LogP) is 4.04. The number of phenols is 2. The van der Waals surface area contributed by atoms with Crippen LogP contribution in [-0.2, 0) is 0 Å². The number of benzene rings is 2. The van der Waals surface area contributed by atoms with E-state index in [9.17, 15) is 15.3 Å². The molecule has 3 N–H and O–H groups in total. The monoisotopic (exact) mass is 323 g/mol. The Morgan fingerprint density at radius 2 is 1.54 bits per heavy atom. The Morgan fingerprint density at radius 3 is 2.04 bits per heavy atom. The van der Waals surface area contributed by atoms with Crippen LogP contribution in [0, 0.1) is 25.2 Å². The van der Waals surface area contributed by atoms with Crippen LogP contribution in [0.1, 0.15) is 36.1 Å². The molecule has 124 valence electrons. The van der Waals surface area contributed by atoms with E-state index in [1.165, 1.54) is 0 Å². The predicted molar refractivity (Wildman–Crippen MR) is 94.7 cm³/mol. The van der Waals surface area contributed by atoms with Gasteiger partial charge in [-0.05, 0) is 56.5 Å². The highest BCUT2D eigenvalue weighted by molar-refractivity contribution is 5.86. The van der Waals surface area contributed by atoms with E-state index in [0.717, 1.165) is 0 Å². The molecule has 0 aliphatic rings. The zero-order valence-corrected chi connectivity index (χ0v) is 14.3. The van der Waals surface area contributed by atoms with Crippen LogP contribution in [0.2, 0.25) is 0 Å². The molecule has 0 aliphatic heterocycles. The molecule has 4 nitrogen and oxygen atoms in total. The zero-order chi connectivity index (χ0) is 18.1. The second kappa shape index (κ2) is 6.38. The van der Waals surface area contributed by atoms with Crippen LogP contribution in [0.3, 0.4) is 0 Å². The van der Waals surface area contributed by atoms with Gasteiger partial charge in [0.2, 0.25) is 0 Å². The van der Waals surface area contributed by atoms with E-state index in [4.69, 9.17) is 5.26 Å². The van der Waals surface area contributed by atoms with Gasteiger partial charge >= 0.3 is 0 Å². The molecule has 0 amide bonds. The number of phenolic OH excluding ortho intramolecular Hbond substituents is 2. The molecule has 0 atom stereocenters. The number of hydrogen-bond donors (Lipinski definition) is 3. The maximum atomic E-state index is 10.6. The summed E-state index contributed by atoms with van der Waals surface area (Å²) in [7, 11) is 0. The molecule has 0 saturated carbocycles. The maximum absolute atomic E-state index is 10.6. The van der Waals surface area contributed by atoms with E-state index >= 15 is 0 Å². The zero-order valence-electron chi connectivity index (χ0n) is 14.3.